The molecule has 4 heterocycles. The van der Waals surface area contributed by atoms with E-state index >= 15 is 0 Å². The average molecular weight is 457 g/mol. The highest BCUT2D eigenvalue weighted by Crippen LogP contribution is 2.82. The van der Waals surface area contributed by atoms with Crippen LogP contribution in [0.15, 0.2) is 23.0 Å². The van der Waals surface area contributed by atoms with E-state index in [4.69, 9.17) is 18.6 Å². The summed E-state index contributed by atoms with van der Waals surface area (Å²) in [7, 11) is 0. The van der Waals surface area contributed by atoms with Gasteiger partial charge in [0.05, 0.1) is 30.3 Å². The topological polar surface area (TPSA) is 98.5 Å². The van der Waals surface area contributed by atoms with Crippen LogP contribution in [0.1, 0.15) is 72.0 Å². The fourth-order valence-corrected chi connectivity index (χ4v) is 10.0. The maximum Gasteiger partial charge on any atom is 0.339 e. The first-order valence-electron chi connectivity index (χ1n) is 12.2. The minimum Gasteiger partial charge on any atom is -0.472 e. The van der Waals surface area contributed by atoms with Gasteiger partial charge in [-0.15, -0.1) is 0 Å². The van der Waals surface area contributed by atoms with E-state index in [9.17, 15) is 14.7 Å². The Morgan fingerprint density at radius 1 is 1.06 bits per heavy atom. The van der Waals surface area contributed by atoms with Crippen LogP contribution in [0, 0.1) is 27.6 Å². The normalized spacial score (nSPS) is 57.6. The molecule has 10 atom stereocenters. The summed E-state index contributed by atoms with van der Waals surface area (Å²) in [6, 6.07) is 1.85. The van der Waals surface area contributed by atoms with Gasteiger partial charge in [0.2, 0.25) is 0 Å². The number of ketones is 1. The summed E-state index contributed by atoms with van der Waals surface area (Å²) in [6.07, 6.45) is 3.96. The SMILES string of the molecule is CC1(C)C(=O)C[C@@H]2O[C@H]3C[C@@]21[C@](C)(O)[C@@H]1CC[C@@]2(C)[C@@H](c4ccoc4)OC(=O)[C@@H]4O[C@]42[C@]31C. The number of hydrogen-bond acceptors (Lipinski definition) is 7. The number of rotatable bonds is 1. The van der Waals surface area contributed by atoms with Crippen LogP contribution in [0.3, 0.4) is 0 Å². The zero-order chi connectivity index (χ0) is 23.4. The van der Waals surface area contributed by atoms with Crippen molar-refractivity contribution in [3.8, 4) is 0 Å². The first kappa shape index (κ1) is 20.7. The molecule has 0 aromatic carbocycles. The molecule has 2 spiro atoms. The molecule has 3 saturated carbocycles. The number of epoxide rings is 1. The van der Waals surface area contributed by atoms with Gasteiger partial charge in [0.1, 0.15) is 17.5 Å². The quantitative estimate of drug-likeness (QED) is 0.511. The fourth-order valence-electron chi connectivity index (χ4n) is 10.0. The Labute approximate surface area is 193 Å². The second-order valence-corrected chi connectivity index (χ2v) is 12.6. The maximum absolute atomic E-state index is 13.1. The maximum atomic E-state index is 13.1. The van der Waals surface area contributed by atoms with Crippen LogP contribution in [0.2, 0.25) is 0 Å². The van der Waals surface area contributed by atoms with E-state index in [1.54, 1.807) is 12.5 Å². The molecule has 7 nitrogen and oxygen atoms in total. The summed E-state index contributed by atoms with van der Waals surface area (Å²) < 4.78 is 24.5. The largest absolute Gasteiger partial charge is 0.472 e. The Bertz CT molecular complexity index is 1090. The molecule has 6 fully saturated rings. The third-order valence-corrected chi connectivity index (χ3v) is 11.6. The summed E-state index contributed by atoms with van der Waals surface area (Å²) in [5, 5.41) is 12.4. The van der Waals surface area contributed by atoms with Gasteiger partial charge in [-0.3, -0.25) is 4.79 Å². The number of Topliss-reactive ketones (excluding diaryl/α,β-unsaturated/α-hetero) is 1. The van der Waals surface area contributed by atoms with Crippen molar-refractivity contribution in [3.05, 3.63) is 24.2 Å². The predicted molar refractivity (Wildman–Crippen MR) is 114 cm³/mol. The van der Waals surface area contributed by atoms with Crippen LogP contribution < -0.4 is 0 Å². The number of carbonyl (C=O) groups excluding carboxylic acids is 2. The lowest BCUT2D eigenvalue weighted by atomic mass is 9.36. The number of aliphatic hydroxyl groups is 1. The number of furan rings is 1. The highest BCUT2D eigenvalue weighted by atomic mass is 16.7. The van der Waals surface area contributed by atoms with Crippen LogP contribution in [0.25, 0.3) is 0 Å². The third kappa shape index (κ3) is 1.76. The van der Waals surface area contributed by atoms with Crippen LogP contribution in [0.5, 0.6) is 0 Å². The van der Waals surface area contributed by atoms with Crippen LogP contribution in [-0.2, 0) is 23.8 Å². The van der Waals surface area contributed by atoms with E-state index in [2.05, 4.69) is 13.8 Å². The number of hydrogen-bond donors (Lipinski definition) is 1. The molecule has 2 bridgehead atoms. The summed E-state index contributed by atoms with van der Waals surface area (Å²) in [4.78, 5) is 26.1. The molecule has 0 radical (unpaired) electrons. The molecule has 7 heteroatoms. The van der Waals surface area contributed by atoms with Gasteiger partial charge in [0, 0.05) is 33.6 Å². The molecule has 33 heavy (non-hydrogen) atoms. The second kappa shape index (κ2) is 5.42. The van der Waals surface area contributed by atoms with Crippen molar-refractivity contribution < 1.29 is 33.3 Å². The molecule has 178 valence electrons. The Morgan fingerprint density at radius 2 is 1.82 bits per heavy atom. The van der Waals surface area contributed by atoms with Crippen molar-refractivity contribution in [2.24, 2.45) is 27.6 Å². The summed E-state index contributed by atoms with van der Waals surface area (Å²) in [6.45, 7) is 10.2. The van der Waals surface area contributed by atoms with Gasteiger partial charge >= 0.3 is 5.97 Å². The molecule has 0 amide bonds. The van der Waals surface area contributed by atoms with Gasteiger partial charge in [-0.2, -0.15) is 0 Å². The Balaban J connectivity index is 1.42. The van der Waals surface area contributed by atoms with Gasteiger partial charge in [0.15, 0.2) is 6.10 Å². The molecule has 3 aliphatic heterocycles. The predicted octanol–water partition coefficient (Wildman–Crippen LogP) is 3.35. The van der Waals surface area contributed by atoms with Gasteiger partial charge in [-0.05, 0) is 38.2 Å². The van der Waals surface area contributed by atoms with E-state index in [1.807, 2.05) is 26.8 Å². The van der Waals surface area contributed by atoms with Gasteiger partial charge in [0.25, 0.3) is 0 Å². The van der Waals surface area contributed by atoms with Crippen molar-refractivity contribution >= 4 is 11.8 Å². The van der Waals surface area contributed by atoms with Crippen molar-refractivity contribution in [3.63, 3.8) is 0 Å². The van der Waals surface area contributed by atoms with Crippen LogP contribution in [0.4, 0.5) is 0 Å². The molecule has 1 aromatic heterocycles. The van der Waals surface area contributed by atoms with Crippen LogP contribution >= 0.6 is 0 Å². The minimum absolute atomic E-state index is 0.162. The lowest BCUT2D eigenvalue weighted by Gasteiger charge is -2.67. The highest BCUT2D eigenvalue weighted by Gasteiger charge is 2.91. The van der Waals surface area contributed by atoms with E-state index in [0.29, 0.717) is 12.8 Å². The Kier molecular flexibility index (Phi) is 3.39. The van der Waals surface area contributed by atoms with Gasteiger partial charge in [-0.1, -0.05) is 27.7 Å². The minimum atomic E-state index is -1.14. The second-order valence-electron chi connectivity index (χ2n) is 12.6. The lowest BCUT2D eigenvalue weighted by molar-refractivity contribution is -0.264. The zero-order valence-corrected chi connectivity index (χ0v) is 19.8. The van der Waals surface area contributed by atoms with E-state index < -0.39 is 45.1 Å². The number of fused-ring (bicyclic) bond motifs is 3. The molecule has 1 aromatic rings. The fraction of sp³-hybridized carbons (Fsp3) is 0.769. The monoisotopic (exact) mass is 456 g/mol. The smallest absolute Gasteiger partial charge is 0.339 e. The number of cyclic esters (lactones) is 1. The molecule has 1 N–H and O–H groups in total. The van der Waals surface area contributed by atoms with Crippen molar-refractivity contribution in [1.82, 2.24) is 0 Å². The van der Waals surface area contributed by atoms with Crippen molar-refractivity contribution in [2.75, 3.05) is 0 Å². The molecule has 3 aliphatic carbocycles. The number of ether oxygens (including phenoxy) is 3. The van der Waals surface area contributed by atoms with E-state index in [1.165, 1.54) is 0 Å². The molecular formula is C26H32O7. The zero-order valence-electron chi connectivity index (χ0n) is 19.8. The molecule has 0 unspecified atom stereocenters. The molecular weight excluding hydrogens is 424 g/mol. The third-order valence-electron chi connectivity index (χ3n) is 11.6. The molecule has 6 aliphatic rings. The first-order chi connectivity index (χ1) is 15.4. The van der Waals surface area contributed by atoms with Crippen LogP contribution in [-0.4, -0.2) is 46.4 Å². The standard InChI is InChI=1S/C26H32O7/c1-21(2)15(27)10-16-25(21)11-17(31-16)23(4)14(24(25,5)29)6-8-22(3)18(13-7-9-30-12-13)32-20(28)19-26(22,23)33-19/h7,9,12,14,16-19,29H,6,8,10-11H2,1-5H3/t14-,16+,17+,18-,19+,22+,23+,24-,25-,26-/m1/s1. The van der Waals surface area contributed by atoms with Gasteiger partial charge < -0.3 is 23.7 Å². The molecule has 7 rings (SSSR count). The summed E-state index contributed by atoms with van der Waals surface area (Å²) in [5.74, 6) is -0.363. The van der Waals surface area contributed by atoms with Gasteiger partial charge in [-0.25, -0.2) is 4.79 Å². The highest BCUT2D eigenvalue weighted by molar-refractivity contribution is 5.89. The number of carbonyl (C=O) groups is 2. The lowest BCUT2D eigenvalue weighted by Crippen LogP contribution is -2.74. The van der Waals surface area contributed by atoms with E-state index in [0.717, 1.165) is 18.4 Å². The average Bonchev–Trinajstić information content (AvgIpc) is 3.04. The summed E-state index contributed by atoms with van der Waals surface area (Å²) >= 11 is 0. The molecule has 3 saturated heterocycles. The van der Waals surface area contributed by atoms with Crippen molar-refractivity contribution in [2.45, 2.75) is 95.9 Å². The number of esters is 1. The van der Waals surface area contributed by atoms with Crippen molar-refractivity contribution in [1.29, 1.82) is 0 Å². The Morgan fingerprint density at radius 3 is 2.52 bits per heavy atom. The van der Waals surface area contributed by atoms with E-state index in [-0.39, 0.29) is 29.9 Å². The first-order valence-corrected chi connectivity index (χ1v) is 12.2. The summed E-state index contributed by atoms with van der Waals surface area (Å²) in [5.41, 5.74) is -3.53. The Hall–Kier alpha value is -1.70.